The average Bonchev–Trinajstić information content (AvgIpc) is 3.45. The summed E-state index contributed by atoms with van der Waals surface area (Å²) in [5, 5.41) is 7.17. The molecule has 2 aliphatic rings. The predicted molar refractivity (Wildman–Crippen MR) is 172 cm³/mol. The Kier molecular flexibility index (Phi) is 9.68. The van der Waals surface area contributed by atoms with Crippen LogP contribution < -0.4 is 20.8 Å². The maximum atomic E-state index is 15.5. The van der Waals surface area contributed by atoms with Gasteiger partial charge in [0.25, 0.3) is 11.8 Å². The molecule has 1 unspecified atom stereocenters. The molecule has 2 saturated heterocycles. The van der Waals surface area contributed by atoms with Gasteiger partial charge in [-0.15, -0.1) is 0 Å². The molecule has 0 aromatic heterocycles. The zero-order chi connectivity index (χ0) is 33.1. The molecule has 2 fully saturated rings. The number of benzene rings is 3. The van der Waals surface area contributed by atoms with E-state index in [0.717, 1.165) is 50.7 Å². The van der Waals surface area contributed by atoms with Crippen molar-refractivity contribution in [2.75, 3.05) is 46.2 Å². The molecule has 0 bridgehead atoms. The van der Waals surface area contributed by atoms with Gasteiger partial charge in [0.1, 0.15) is 11.6 Å². The Balaban J connectivity index is 1.36. The number of hydrazine groups is 1. The monoisotopic (exact) mass is 630 g/mol. The van der Waals surface area contributed by atoms with Gasteiger partial charge in [-0.05, 0) is 71.8 Å². The molecule has 46 heavy (non-hydrogen) atoms. The van der Waals surface area contributed by atoms with Crippen LogP contribution in [0.25, 0.3) is 22.3 Å². The smallest absolute Gasteiger partial charge is 0.340 e. The number of likely N-dealkylation sites (tertiary alicyclic amines) is 1. The number of rotatable bonds is 10. The summed E-state index contributed by atoms with van der Waals surface area (Å²) in [5.74, 6) is -1.06. The zero-order valence-corrected chi connectivity index (χ0v) is 26.7. The number of hydrogen-bond acceptors (Lipinski definition) is 7. The van der Waals surface area contributed by atoms with E-state index < -0.39 is 29.7 Å². The lowest BCUT2D eigenvalue weighted by Gasteiger charge is -2.34. The molecule has 0 saturated carbocycles. The van der Waals surface area contributed by atoms with Crippen molar-refractivity contribution < 1.29 is 28.3 Å². The number of amides is 5. The first-order chi connectivity index (χ1) is 22.0. The minimum absolute atomic E-state index is 0.159. The van der Waals surface area contributed by atoms with E-state index in [1.54, 1.807) is 6.07 Å². The molecule has 0 radical (unpaired) electrons. The second kappa shape index (κ2) is 13.7. The minimum Gasteiger partial charge on any atom is -0.496 e. The number of halogens is 1. The van der Waals surface area contributed by atoms with E-state index in [1.165, 1.54) is 27.3 Å². The summed E-state index contributed by atoms with van der Waals surface area (Å²) in [6, 6.07) is 12.8. The molecule has 12 heteroatoms. The van der Waals surface area contributed by atoms with Crippen molar-refractivity contribution in [1.82, 2.24) is 25.6 Å². The molecule has 3 aromatic rings. The second-order valence-electron chi connectivity index (χ2n) is 11.5. The number of ether oxygens (including phenoxy) is 1. The van der Waals surface area contributed by atoms with Crippen LogP contribution in [0.3, 0.4) is 0 Å². The topological polar surface area (TPSA) is 123 Å². The third kappa shape index (κ3) is 6.44. The number of hydrogen-bond donors (Lipinski definition) is 3. The van der Waals surface area contributed by atoms with Crippen LogP contribution in [0.15, 0.2) is 48.5 Å². The first-order valence-corrected chi connectivity index (χ1v) is 15.2. The predicted octanol–water partition coefficient (Wildman–Crippen LogP) is 3.83. The molecule has 3 N–H and O–H groups in total. The van der Waals surface area contributed by atoms with E-state index in [-0.39, 0.29) is 12.5 Å². The number of carbonyl (C=O) groups excluding carboxylic acids is 4. The molecule has 2 heterocycles. The number of anilines is 1. The Labute approximate surface area is 267 Å². The van der Waals surface area contributed by atoms with Crippen LogP contribution in [0.5, 0.6) is 5.75 Å². The molecule has 242 valence electrons. The summed E-state index contributed by atoms with van der Waals surface area (Å²) in [7, 11) is 4.29. The van der Waals surface area contributed by atoms with Crippen LogP contribution in [0, 0.1) is 19.7 Å². The van der Waals surface area contributed by atoms with E-state index in [9.17, 15) is 19.2 Å². The third-order valence-corrected chi connectivity index (χ3v) is 8.67. The van der Waals surface area contributed by atoms with Crippen LogP contribution in [0.4, 0.5) is 14.9 Å². The van der Waals surface area contributed by atoms with E-state index in [2.05, 4.69) is 16.1 Å². The van der Waals surface area contributed by atoms with Crippen molar-refractivity contribution in [3.8, 4) is 28.0 Å². The summed E-state index contributed by atoms with van der Waals surface area (Å²) in [5.41, 5.74) is 8.48. The van der Waals surface area contributed by atoms with Gasteiger partial charge in [0.05, 0.1) is 7.11 Å². The molecule has 11 nitrogen and oxygen atoms in total. The number of likely N-dealkylation sites (N-methyl/N-ethyl adjacent to an activating group) is 1. The summed E-state index contributed by atoms with van der Waals surface area (Å²) in [6.45, 7) is 6.00. The number of nitrogens with zero attached hydrogens (tertiary/aromatic N) is 3. The normalized spacial score (nSPS) is 16.8. The van der Waals surface area contributed by atoms with E-state index in [1.807, 2.05) is 55.1 Å². The Hall–Kier alpha value is -4.81. The van der Waals surface area contributed by atoms with Gasteiger partial charge in [-0.3, -0.25) is 24.3 Å². The molecule has 5 amide bonds. The van der Waals surface area contributed by atoms with Gasteiger partial charge in [-0.25, -0.2) is 14.6 Å². The van der Waals surface area contributed by atoms with Gasteiger partial charge in [-0.1, -0.05) is 30.3 Å². The third-order valence-electron chi connectivity index (χ3n) is 8.67. The molecule has 1 atom stereocenters. The minimum atomic E-state index is -1.27. The SMILES string of the molecule is COc1cc(-c2cccc(-c3cccc(NC(=O)C4NN(C)C(=O)N(C)C4=O)c3C)c2C)cc(F)c1CNCCN1CCCC1=O. The Morgan fingerprint density at radius 2 is 1.72 bits per heavy atom. The van der Waals surface area contributed by atoms with Gasteiger partial charge in [0.15, 0.2) is 6.04 Å². The number of methoxy groups -OCH3 is 1. The fraction of sp³-hybridized carbons (Fsp3) is 0.353. The lowest BCUT2D eigenvalue weighted by atomic mass is 9.90. The van der Waals surface area contributed by atoms with Gasteiger partial charge in [0, 0.05) is 57.9 Å². The average molecular weight is 631 g/mol. The van der Waals surface area contributed by atoms with Crippen LogP contribution in [-0.4, -0.2) is 85.4 Å². The fourth-order valence-electron chi connectivity index (χ4n) is 5.98. The highest BCUT2D eigenvalue weighted by molar-refractivity contribution is 6.15. The molecule has 2 aliphatic heterocycles. The van der Waals surface area contributed by atoms with Crippen molar-refractivity contribution in [3.05, 3.63) is 71.0 Å². The molecular weight excluding hydrogens is 591 g/mol. The van der Waals surface area contributed by atoms with E-state index >= 15 is 4.39 Å². The number of urea groups is 1. The number of nitrogens with one attached hydrogen (secondary N) is 3. The van der Waals surface area contributed by atoms with E-state index in [0.29, 0.717) is 42.1 Å². The lowest BCUT2D eigenvalue weighted by Crippen LogP contribution is -2.66. The fourth-order valence-corrected chi connectivity index (χ4v) is 5.98. The number of carbonyl (C=O) groups is 4. The maximum Gasteiger partial charge on any atom is 0.340 e. The van der Waals surface area contributed by atoms with Crippen molar-refractivity contribution >= 4 is 29.4 Å². The molecule has 0 spiro atoms. The lowest BCUT2D eigenvalue weighted by molar-refractivity contribution is -0.139. The highest BCUT2D eigenvalue weighted by Crippen LogP contribution is 2.37. The highest BCUT2D eigenvalue weighted by Gasteiger charge is 2.39. The quantitative estimate of drug-likeness (QED) is 0.230. The largest absolute Gasteiger partial charge is 0.496 e. The van der Waals surface area contributed by atoms with Crippen molar-refractivity contribution in [1.29, 1.82) is 0 Å². The van der Waals surface area contributed by atoms with Crippen molar-refractivity contribution in [2.45, 2.75) is 39.3 Å². The highest BCUT2D eigenvalue weighted by atomic mass is 19.1. The van der Waals surface area contributed by atoms with Crippen LogP contribution in [0.2, 0.25) is 0 Å². The van der Waals surface area contributed by atoms with Gasteiger partial charge < -0.3 is 20.3 Å². The molecular formula is C34H39FN6O5. The summed E-state index contributed by atoms with van der Waals surface area (Å²) in [6.07, 6.45) is 1.47. The number of imide groups is 1. The standard InChI is InChI=1S/C34H39FN6O5/c1-20-23(22-17-27(35)26(29(18-22)46-5)19-36-14-16-41-15-8-13-30(41)42)9-6-10-24(20)25-11-7-12-28(21(25)2)37-32(43)31-33(44)39(3)34(45)40(4)38-31/h6-7,9-12,17-18,31,36,38H,8,13-16,19H2,1-5H3,(H,37,43). The molecule has 3 aromatic carbocycles. The Morgan fingerprint density at radius 3 is 2.41 bits per heavy atom. The van der Waals surface area contributed by atoms with Crippen LogP contribution in [-0.2, 0) is 20.9 Å². The Morgan fingerprint density at radius 1 is 1.02 bits per heavy atom. The van der Waals surface area contributed by atoms with Crippen molar-refractivity contribution in [2.24, 2.45) is 0 Å². The first kappa shape index (κ1) is 32.6. The van der Waals surface area contributed by atoms with E-state index in [4.69, 9.17) is 4.74 Å². The van der Waals surface area contributed by atoms with Gasteiger partial charge in [0.2, 0.25) is 5.91 Å². The first-order valence-electron chi connectivity index (χ1n) is 15.2. The Bertz CT molecular complexity index is 1690. The summed E-state index contributed by atoms with van der Waals surface area (Å²) < 4.78 is 21.1. The van der Waals surface area contributed by atoms with Gasteiger partial charge >= 0.3 is 6.03 Å². The summed E-state index contributed by atoms with van der Waals surface area (Å²) in [4.78, 5) is 52.4. The van der Waals surface area contributed by atoms with Gasteiger partial charge in [-0.2, -0.15) is 0 Å². The van der Waals surface area contributed by atoms with Crippen molar-refractivity contribution in [3.63, 3.8) is 0 Å². The maximum absolute atomic E-state index is 15.5. The van der Waals surface area contributed by atoms with Crippen LogP contribution >= 0.6 is 0 Å². The van der Waals surface area contributed by atoms with Crippen LogP contribution in [0.1, 0.15) is 29.5 Å². The summed E-state index contributed by atoms with van der Waals surface area (Å²) >= 11 is 0. The molecule has 5 rings (SSSR count). The molecule has 0 aliphatic carbocycles. The zero-order valence-electron chi connectivity index (χ0n) is 26.7. The second-order valence-corrected chi connectivity index (χ2v) is 11.5.